The van der Waals surface area contributed by atoms with E-state index in [4.69, 9.17) is 0 Å². The lowest BCUT2D eigenvalue weighted by atomic mass is 10.3. The number of allylic oxidation sites excluding steroid dienone is 1. The van der Waals surface area contributed by atoms with Gasteiger partial charge in [-0.15, -0.1) is 0 Å². The highest BCUT2D eigenvalue weighted by atomic mass is 15.3. The molecule has 1 aliphatic heterocycles. The number of hydrogen-bond donors (Lipinski definition) is 0. The Morgan fingerprint density at radius 1 is 1.27 bits per heavy atom. The molecule has 0 radical (unpaired) electrons. The summed E-state index contributed by atoms with van der Waals surface area (Å²) in [5.74, 6) is 0. The summed E-state index contributed by atoms with van der Waals surface area (Å²) in [5.41, 5.74) is 1.21. The lowest BCUT2D eigenvalue weighted by Crippen LogP contribution is -2.47. The van der Waals surface area contributed by atoms with Crippen molar-refractivity contribution in [3.8, 4) is 0 Å². The van der Waals surface area contributed by atoms with E-state index in [1.54, 1.807) is 0 Å². The molecule has 0 aliphatic carbocycles. The monoisotopic (exact) mass is 211 g/mol. The van der Waals surface area contributed by atoms with E-state index in [0.717, 1.165) is 19.6 Å². The van der Waals surface area contributed by atoms with Crippen LogP contribution in [-0.4, -0.2) is 67.6 Å². The minimum atomic E-state index is 1.14. The normalized spacial score (nSPS) is 18.5. The van der Waals surface area contributed by atoms with Crippen molar-refractivity contribution < 1.29 is 0 Å². The minimum absolute atomic E-state index is 1.14. The van der Waals surface area contributed by atoms with Crippen LogP contribution in [0.5, 0.6) is 0 Å². The van der Waals surface area contributed by atoms with Crippen LogP contribution in [0.4, 0.5) is 0 Å². The van der Waals surface area contributed by atoms with Gasteiger partial charge in [0.05, 0.1) is 0 Å². The summed E-state index contributed by atoms with van der Waals surface area (Å²) in [4.78, 5) is 7.29. The molecule has 1 rings (SSSR count). The summed E-state index contributed by atoms with van der Waals surface area (Å²) in [5, 5.41) is 0. The zero-order valence-electron chi connectivity index (χ0n) is 10.5. The van der Waals surface area contributed by atoms with Crippen molar-refractivity contribution in [2.45, 2.75) is 13.8 Å². The van der Waals surface area contributed by atoms with E-state index in [2.05, 4.69) is 42.2 Å². The maximum absolute atomic E-state index is 3.99. The Balaban J connectivity index is 2.17. The van der Waals surface area contributed by atoms with E-state index in [1.807, 2.05) is 0 Å². The first-order valence-electron chi connectivity index (χ1n) is 5.95. The van der Waals surface area contributed by atoms with Crippen LogP contribution in [0.3, 0.4) is 0 Å². The molecule has 0 atom stereocenters. The van der Waals surface area contributed by atoms with Gasteiger partial charge in [0.1, 0.15) is 0 Å². The number of piperazine rings is 1. The van der Waals surface area contributed by atoms with Crippen LogP contribution in [0.1, 0.15) is 13.8 Å². The number of rotatable bonds is 5. The van der Waals surface area contributed by atoms with Crippen molar-refractivity contribution in [1.82, 2.24) is 14.7 Å². The number of nitrogens with zero attached hydrogens (tertiary/aromatic N) is 3. The van der Waals surface area contributed by atoms with Crippen molar-refractivity contribution in [2.24, 2.45) is 0 Å². The van der Waals surface area contributed by atoms with E-state index >= 15 is 0 Å². The first-order valence-corrected chi connectivity index (χ1v) is 5.95. The molecular weight excluding hydrogens is 186 g/mol. The van der Waals surface area contributed by atoms with Gasteiger partial charge in [0.25, 0.3) is 0 Å². The summed E-state index contributed by atoms with van der Waals surface area (Å²) in [6.07, 6.45) is 0. The van der Waals surface area contributed by atoms with Gasteiger partial charge in [0.15, 0.2) is 0 Å². The van der Waals surface area contributed by atoms with Crippen LogP contribution in [0.25, 0.3) is 0 Å². The van der Waals surface area contributed by atoms with Crippen LogP contribution in [0.2, 0.25) is 0 Å². The Morgan fingerprint density at radius 2 is 1.87 bits per heavy atom. The molecule has 0 unspecified atom stereocenters. The van der Waals surface area contributed by atoms with Crippen LogP contribution in [0, 0.1) is 0 Å². The molecule has 0 bridgehead atoms. The summed E-state index contributed by atoms with van der Waals surface area (Å²) in [7, 11) is 2.18. The Hall–Kier alpha value is -0.540. The lowest BCUT2D eigenvalue weighted by molar-refractivity contribution is 0.146. The van der Waals surface area contributed by atoms with Gasteiger partial charge in [-0.05, 0) is 20.5 Å². The Morgan fingerprint density at radius 3 is 2.33 bits per heavy atom. The predicted molar refractivity (Wildman–Crippen MR) is 66.0 cm³/mol. The second kappa shape index (κ2) is 6.13. The van der Waals surface area contributed by atoms with Gasteiger partial charge < -0.3 is 9.80 Å². The zero-order valence-corrected chi connectivity index (χ0v) is 10.5. The molecule has 3 nitrogen and oxygen atoms in total. The van der Waals surface area contributed by atoms with E-state index in [0.29, 0.717) is 0 Å². The smallest absolute Gasteiger partial charge is 0.0303 e. The molecule has 1 heterocycles. The Labute approximate surface area is 94.3 Å². The third-order valence-electron chi connectivity index (χ3n) is 3.25. The molecule has 1 fully saturated rings. The average Bonchev–Trinajstić information content (AvgIpc) is 2.26. The van der Waals surface area contributed by atoms with Gasteiger partial charge in [-0.2, -0.15) is 0 Å². The molecule has 1 saturated heterocycles. The van der Waals surface area contributed by atoms with E-state index < -0.39 is 0 Å². The third kappa shape index (κ3) is 4.22. The van der Waals surface area contributed by atoms with E-state index in [1.165, 1.54) is 31.9 Å². The van der Waals surface area contributed by atoms with E-state index in [9.17, 15) is 0 Å². The van der Waals surface area contributed by atoms with Crippen LogP contribution < -0.4 is 0 Å². The molecule has 0 aromatic carbocycles. The summed E-state index contributed by atoms with van der Waals surface area (Å²) >= 11 is 0. The molecule has 3 heteroatoms. The van der Waals surface area contributed by atoms with Gasteiger partial charge in [0.2, 0.25) is 0 Å². The predicted octanol–water partition coefficient (Wildman–Crippen LogP) is 1.09. The molecule has 1 aliphatic rings. The van der Waals surface area contributed by atoms with Gasteiger partial charge in [-0.25, -0.2) is 0 Å². The first kappa shape index (κ1) is 12.5. The van der Waals surface area contributed by atoms with Gasteiger partial charge >= 0.3 is 0 Å². The SMILES string of the molecule is C=C(C)N1CCN(CCN(C)CC)CC1. The maximum atomic E-state index is 3.99. The Kier molecular flexibility index (Phi) is 5.12. The van der Waals surface area contributed by atoms with Crippen LogP contribution in [0.15, 0.2) is 12.3 Å². The fraction of sp³-hybridized carbons (Fsp3) is 0.833. The quantitative estimate of drug-likeness (QED) is 0.674. The number of hydrogen-bond acceptors (Lipinski definition) is 3. The molecule has 0 amide bonds. The molecule has 88 valence electrons. The van der Waals surface area contributed by atoms with Crippen molar-refractivity contribution in [1.29, 1.82) is 0 Å². The van der Waals surface area contributed by atoms with Crippen LogP contribution in [-0.2, 0) is 0 Å². The van der Waals surface area contributed by atoms with Gasteiger partial charge in [-0.1, -0.05) is 13.5 Å². The Bertz CT molecular complexity index is 195. The fourth-order valence-electron chi connectivity index (χ4n) is 1.82. The van der Waals surface area contributed by atoms with Crippen LogP contribution >= 0.6 is 0 Å². The molecule has 15 heavy (non-hydrogen) atoms. The largest absolute Gasteiger partial charge is 0.373 e. The fourth-order valence-corrected chi connectivity index (χ4v) is 1.82. The van der Waals surface area contributed by atoms with Crippen molar-refractivity contribution in [2.75, 3.05) is 52.9 Å². The minimum Gasteiger partial charge on any atom is -0.373 e. The molecular formula is C12H25N3. The molecule has 0 N–H and O–H groups in total. The standard InChI is InChI=1S/C12H25N3/c1-5-13(4)6-7-14-8-10-15(11-9-14)12(2)3/h2,5-11H2,1,3-4H3. The van der Waals surface area contributed by atoms with Crippen molar-refractivity contribution in [3.05, 3.63) is 12.3 Å². The maximum Gasteiger partial charge on any atom is 0.0303 e. The highest BCUT2D eigenvalue weighted by Crippen LogP contribution is 2.06. The second-order valence-corrected chi connectivity index (χ2v) is 4.46. The summed E-state index contributed by atoms with van der Waals surface area (Å²) < 4.78 is 0. The number of likely N-dealkylation sites (N-methyl/N-ethyl adjacent to an activating group) is 1. The van der Waals surface area contributed by atoms with Crippen molar-refractivity contribution in [3.63, 3.8) is 0 Å². The average molecular weight is 211 g/mol. The highest BCUT2D eigenvalue weighted by Gasteiger charge is 2.15. The third-order valence-corrected chi connectivity index (χ3v) is 3.25. The van der Waals surface area contributed by atoms with Gasteiger partial charge in [-0.3, -0.25) is 4.90 Å². The summed E-state index contributed by atoms with van der Waals surface area (Å²) in [6, 6.07) is 0. The first-order chi connectivity index (χ1) is 7.13. The van der Waals surface area contributed by atoms with Crippen molar-refractivity contribution >= 4 is 0 Å². The molecule has 0 saturated carbocycles. The van der Waals surface area contributed by atoms with E-state index in [-0.39, 0.29) is 0 Å². The molecule has 0 spiro atoms. The molecule has 0 aromatic heterocycles. The summed E-state index contributed by atoms with van der Waals surface area (Å²) in [6.45, 7) is 16.5. The van der Waals surface area contributed by atoms with Gasteiger partial charge in [0, 0.05) is 45.0 Å². The lowest BCUT2D eigenvalue weighted by Gasteiger charge is -2.36. The molecule has 0 aromatic rings. The second-order valence-electron chi connectivity index (χ2n) is 4.46. The highest BCUT2D eigenvalue weighted by molar-refractivity contribution is 4.91. The zero-order chi connectivity index (χ0) is 11.3. The topological polar surface area (TPSA) is 9.72 Å².